The number of aryl methyl sites for hydroxylation is 1. The minimum absolute atomic E-state index is 0.167. The van der Waals surface area contributed by atoms with E-state index in [-0.39, 0.29) is 5.92 Å². The van der Waals surface area contributed by atoms with Gasteiger partial charge in [-0.15, -0.1) is 0 Å². The Hall–Kier alpha value is -0.950. The second-order valence-corrected chi connectivity index (χ2v) is 7.79. The molecule has 2 rings (SSSR count). The summed E-state index contributed by atoms with van der Waals surface area (Å²) in [6.45, 7) is 6.94. The molecular weight excluding hydrogens is 254 g/mol. The van der Waals surface area contributed by atoms with Crippen LogP contribution in [-0.4, -0.2) is 14.8 Å². The highest BCUT2D eigenvalue weighted by atomic mass is 32.2. The molecule has 0 N–H and O–H groups in total. The quantitative estimate of drug-likeness (QED) is 0.824. The van der Waals surface area contributed by atoms with Gasteiger partial charge in [0.25, 0.3) is 0 Å². The van der Waals surface area contributed by atoms with E-state index in [4.69, 9.17) is 0 Å². The first kappa shape index (κ1) is 14.5. The fraction of sp³-hybridized carbons (Fsp3) is 0.733. The summed E-state index contributed by atoms with van der Waals surface area (Å²) in [7, 11) is 2.01. The molecule has 0 aliphatic heterocycles. The summed E-state index contributed by atoms with van der Waals surface area (Å²) < 4.78 is 2.04. The predicted octanol–water partition coefficient (Wildman–Crippen LogP) is 3.87. The van der Waals surface area contributed by atoms with Gasteiger partial charge in [-0.25, -0.2) is 4.98 Å². The van der Waals surface area contributed by atoms with Crippen molar-refractivity contribution in [1.82, 2.24) is 9.55 Å². The van der Waals surface area contributed by atoms with Gasteiger partial charge in [0.2, 0.25) is 0 Å². The highest BCUT2D eigenvalue weighted by Gasteiger charge is 2.36. The lowest BCUT2D eigenvalue weighted by atomic mass is 9.70. The molecule has 3 unspecified atom stereocenters. The average Bonchev–Trinajstić information content (AvgIpc) is 2.74. The number of nitrogens with zero attached hydrogens (tertiary/aromatic N) is 3. The first-order valence-electron chi connectivity index (χ1n) is 6.95. The Kier molecular flexibility index (Phi) is 4.25. The van der Waals surface area contributed by atoms with Crippen LogP contribution in [0.4, 0.5) is 0 Å². The van der Waals surface area contributed by atoms with Crippen LogP contribution in [0.25, 0.3) is 0 Å². The highest BCUT2D eigenvalue weighted by molar-refractivity contribution is 7.99. The van der Waals surface area contributed by atoms with E-state index in [1.165, 1.54) is 6.42 Å². The van der Waals surface area contributed by atoms with Crippen molar-refractivity contribution in [3.05, 3.63) is 12.4 Å². The first-order chi connectivity index (χ1) is 8.91. The maximum Gasteiger partial charge on any atom is 0.167 e. The van der Waals surface area contributed by atoms with Crippen molar-refractivity contribution in [1.29, 1.82) is 5.26 Å². The molecule has 3 nitrogen and oxygen atoms in total. The van der Waals surface area contributed by atoms with E-state index in [2.05, 4.69) is 31.8 Å². The van der Waals surface area contributed by atoms with Crippen molar-refractivity contribution in [3.8, 4) is 6.07 Å². The van der Waals surface area contributed by atoms with E-state index < -0.39 is 0 Å². The van der Waals surface area contributed by atoms with Crippen LogP contribution in [0.1, 0.15) is 40.0 Å². The number of hydrogen-bond donors (Lipinski definition) is 0. The molecule has 0 saturated heterocycles. The van der Waals surface area contributed by atoms with Crippen LogP contribution in [0, 0.1) is 28.6 Å². The van der Waals surface area contributed by atoms with Crippen molar-refractivity contribution < 1.29 is 0 Å². The Bertz CT molecular complexity index is 466. The molecule has 104 valence electrons. The van der Waals surface area contributed by atoms with Crippen LogP contribution < -0.4 is 0 Å². The molecule has 1 saturated carbocycles. The molecule has 19 heavy (non-hydrogen) atoms. The highest BCUT2D eigenvalue weighted by Crippen LogP contribution is 2.45. The summed E-state index contributed by atoms with van der Waals surface area (Å²) in [6.07, 6.45) is 7.13. The van der Waals surface area contributed by atoms with Crippen LogP contribution >= 0.6 is 11.8 Å². The summed E-state index contributed by atoms with van der Waals surface area (Å²) in [5.41, 5.74) is 0.334. The topological polar surface area (TPSA) is 41.6 Å². The zero-order valence-electron chi connectivity index (χ0n) is 12.3. The summed E-state index contributed by atoms with van der Waals surface area (Å²) in [4.78, 5) is 4.38. The van der Waals surface area contributed by atoms with E-state index in [0.29, 0.717) is 16.6 Å². The number of rotatable bonds is 2. The van der Waals surface area contributed by atoms with Gasteiger partial charge >= 0.3 is 0 Å². The van der Waals surface area contributed by atoms with Crippen LogP contribution in [-0.2, 0) is 7.05 Å². The number of thioether (sulfide) groups is 1. The molecule has 4 heteroatoms. The first-order valence-corrected chi connectivity index (χ1v) is 7.83. The summed E-state index contributed by atoms with van der Waals surface area (Å²) in [5, 5.41) is 10.8. The van der Waals surface area contributed by atoms with E-state index in [1.807, 2.05) is 24.0 Å². The Labute approximate surface area is 120 Å². The number of aromatic nitrogens is 2. The molecule has 0 amide bonds. The molecule has 1 aromatic heterocycles. The number of hydrogen-bond acceptors (Lipinski definition) is 3. The molecule has 1 aromatic rings. The van der Waals surface area contributed by atoms with Crippen LogP contribution in [0.5, 0.6) is 0 Å². The van der Waals surface area contributed by atoms with Gasteiger partial charge < -0.3 is 4.57 Å². The van der Waals surface area contributed by atoms with Gasteiger partial charge in [0, 0.05) is 24.7 Å². The normalized spacial score (nSPS) is 28.1. The number of imidazole rings is 1. The van der Waals surface area contributed by atoms with Gasteiger partial charge in [-0.3, -0.25) is 0 Å². The lowest BCUT2D eigenvalue weighted by molar-refractivity contribution is 0.169. The van der Waals surface area contributed by atoms with E-state index in [9.17, 15) is 5.26 Å². The average molecular weight is 277 g/mol. The molecule has 1 fully saturated rings. The van der Waals surface area contributed by atoms with Crippen molar-refractivity contribution in [3.63, 3.8) is 0 Å². The van der Waals surface area contributed by atoms with Crippen molar-refractivity contribution in [2.75, 3.05) is 0 Å². The summed E-state index contributed by atoms with van der Waals surface area (Å²) in [6, 6.07) is 2.50. The van der Waals surface area contributed by atoms with Crippen LogP contribution in [0.2, 0.25) is 0 Å². The molecular formula is C15H23N3S. The molecule has 0 spiro atoms. The van der Waals surface area contributed by atoms with Gasteiger partial charge in [0.1, 0.15) is 0 Å². The van der Waals surface area contributed by atoms with Crippen LogP contribution in [0.3, 0.4) is 0 Å². The summed E-state index contributed by atoms with van der Waals surface area (Å²) >= 11 is 1.78. The van der Waals surface area contributed by atoms with Crippen molar-refractivity contribution >= 4 is 11.8 Å². The maximum absolute atomic E-state index is 9.36. The standard InChI is InChI=1S/C15H23N3S/c1-15(2,3)12-6-5-11(10-16)13(9-12)19-14-17-7-8-18(14)4/h7-8,11-13H,5-6,9H2,1-4H3. The van der Waals surface area contributed by atoms with Crippen molar-refractivity contribution in [2.45, 2.75) is 50.4 Å². The smallest absolute Gasteiger partial charge is 0.167 e. The van der Waals surface area contributed by atoms with E-state index >= 15 is 0 Å². The van der Waals surface area contributed by atoms with Crippen molar-refractivity contribution in [2.24, 2.45) is 24.3 Å². The molecule has 3 atom stereocenters. The monoisotopic (exact) mass is 277 g/mol. The Morgan fingerprint density at radius 2 is 2.16 bits per heavy atom. The van der Waals surface area contributed by atoms with Gasteiger partial charge in [-0.1, -0.05) is 32.5 Å². The molecule has 0 radical (unpaired) electrons. The van der Waals surface area contributed by atoms with Crippen LogP contribution in [0.15, 0.2) is 17.6 Å². The van der Waals surface area contributed by atoms with Gasteiger partial charge in [-0.05, 0) is 30.6 Å². The fourth-order valence-electron chi connectivity index (χ4n) is 2.79. The molecule has 0 aromatic carbocycles. The Balaban J connectivity index is 2.11. The third kappa shape index (κ3) is 3.33. The zero-order valence-corrected chi connectivity index (χ0v) is 13.1. The minimum atomic E-state index is 0.167. The molecule has 1 aliphatic rings. The predicted molar refractivity (Wildman–Crippen MR) is 78.8 cm³/mol. The SMILES string of the molecule is Cn1ccnc1SC1CC(C(C)(C)C)CCC1C#N. The second kappa shape index (κ2) is 5.58. The Morgan fingerprint density at radius 1 is 1.42 bits per heavy atom. The lowest BCUT2D eigenvalue weighted by Crippen LogP contribution is -2.33. The second-order valence-electron chi connectivity index (χ2n) is 6.59. The van der Waals surface area contributed by atoms with Gasteiger partial charge in [0.15, 0.2) is 5.16 Å². The summed E-state index contributed by atoms with van der Waals surface area (Å²) in [5.74, 6) is 0.871. The Morgan fingerprint density at radius 3 is 2.68 bits per heavy atom. The van der Waals surface area contributed by atoms with E-state index in [1.54, 1.807) is 11.8 Å². The third-order valence-corrected chi connectivity index (χ3v) is 5.64. The minimum Gasteiger partial charge on any atom is -0.329 e. The number of nitriles is 1. The largest absolute Gasteiger partial charge is 0.329 e. The lowest BCUT2D eigenvalue weighted by Gasteiger charge is -2.39. The van der Waals surface area contributed by atoms with E-state index in [0.717, 1.165) is 18.0 Å². The fourth-order valence-corrected chi connectivity index (χ4v) is 4.10. The zero-order chi connectivity index (χ0) is 14.0. The molecule has 1 aliphatic carbocycles. The van der Waals surface area contributed by atoms with Gasteiger partial charge in [0.05, 0.1) is 12.0 Å². The third-order valence-electron chi connectivity index (χ3n) is 4.22. The molecule has 0 bridgehead atoms. The van der Waals surface area contributed by atoms with Gasteiger partial charge in [-0.2, -0.15) is 5.26 Å². The molecule has 1 heterocycles. The maximum atomic E-state index is 9.36.